The van der Waals surface area contributed by atoms with E-state index in [4.69, 9.17) is 4.74 Å². The normalized spacial score (nSPS) is 19.6. The van der Waals surface area contributed by atoms with Crippen LogP contribution >= 0.6 is 11.3 Å². The Morgan fingerprint density at radius 2 is 2.04 bits per heavy atom. The minimum Gasteiger partial charge on any atom is -0.383 e. The highest BCUT2D eigenvalue weighted by Crippen LogP contribution is 2.38. The molecule has 0 atom stereocenters. The number of carbonyl (C=O) groups excluding carboxylic acids is 3. The number of urea groups is 1. The lowest BCUT2D eigenvalue weighted by Crippen LogP contribution is -2.58. The summed E-state index contributed by atoms with van der Waals surface area (Å²) in [6.07, 6.45) is 0.896. The quantitative estimate of drug-likeness (QED) is 0.686. The molecule has 27 heavy (non-hydrogen) atoms. The number of ether oxygens (including phenoxy) is 1. The van der Waals surface area contributed by atoms with Gasteiger partial charge in [0.15, 0.2) is 0 Å². The summed E-state index contributed by atoms with van der Waals surface area (Å²) in [6, 6.07) is -0.245. The lowest BCUT2D eigenvalue weighted by Gasteiger charge is -2.42. The molecule has 0 radical (unpaired) electrons. The van der Waals surface area contributed by atoms with Gasteiger partial charge in [-0.3, -0.25) is 14.5 Å². The molecule has 3 rings (SSSR count). The van der Waals surface area contributed by atoms with Crippen LogP contribution in [0.1, 0.15) is 37.2 Å². The number of likely N-dealkylation sites (tertiary alicyclic amines) is 1. The number of hydrogen-bond acceptors (Lipinski definition) is 6. The van der Waals surface area contributed by atoms with Crippen LogP contribution in [0.5, 0.6) is 0 Å². The molecule has 9 heteroatoms. The topological polar surface area (TPSA) is 83.1 Å². The van der Waals surface area contributed by atoms with E-state index in [1.807, 2.05) is 13.8 Å². The van der Waals surface area contributed by atoms with Gasteiger partial charge in [-0.2, -0.15) is 0 Å². The summed E-state index contributed by atoms with van der Waals surface area (Å²) in [5, 5.41) is 1.73. The molecule has 0 unspecified atom stereocenters. The molecule has 0 saturated carbocycles. The summed E-state index contributed by atoms with van der Waals surface area (Å²) in [6.45, 7) is 6.02. The maximum absolute atomic E-state index is 13.2. The zero-order valence-corrected chi connectivity index (χ0v) is 16.8. The van der Waals surface area contributed by atoms with E-state index in [0.29, 0.717) is 44.8 Å². The van der Waals surface area contributed by atoms with E-state index < -0.39 is 5.54 Å². The van der Waals surface area contributed by atoms with Gasteiger partial charge in [0.25, 0.3) is 11.8 Å². The first-order valence-corrected chi connectivity index (χ1v) is 10.1. The number of hydrogen-bond donors (Lipinski definition) is 0. The Morgan fingerprint density at radius 3 is 2.59 bits per heavy atom. The molecule has 0 aliphatic carbocycles. The Kier molecular flexibility index (Phi) is 5.81. The number of carbonyl (C=O) groups is 3. The first kappa shape index (κ1) is 19.8. The van der Waals surface area contributed by atoms with E-state index >= 15 is 0 Å². The molecule has 2 fully saturated rings. The van der Waals surface area contributed by atoms with Gasteiger partial charge in [-0.05, 0) is 18.8 Å². The molecule has 2 saturated heterocycles. The highest BCUT2D eigenvalue weighted by molar-refractivity contribution is 7.07. The molecule has 1 aromatic rings. The number of nitrogens with zero attached hydrogens (tertiary/aromatic N) is 4. The SMILES string of the molecule is COCCN1C(=O)N(CC(C)C)C2(CCN(C(=O)c3cscn3)CC2)C1=O. The standard InChI is InChI=1S/C18H26N4O4S/c1-13(2)10-22-17(25)21(8-9-26-3)16(24)18(22)4-6-20(7-5-18)15(23)14-11-27-12-19-14/h11-13H,4-10H2,1-3H3. The zero-order chi connectivity index (χ0) is 19.6. The molecule has 4 amide bonds. The van der Waals surface area contributed by atoms with E-state index in [2.05, 4.69) is 4.98 Å². The Hall–Kier alpha value is -2.00. The van der Waals surface area contributed by atoms with Crippen LogP contribution in [0.2, 0.25) is 0 Å². The van der Waals surface area contributed by atoms with Gasteiger partial charge in [0.05, 0.1) is 18.7 Å². The van der Waals surface area contributed by atoms with Crippen LogP contribution in [-0.4, -0.2) is 83.0 Å². The first-order chi connectivity index (χ1) is 12.9. The molecule has 8 nitrogen and oxygen atoms in total. The summed E-state index contributed by atoms with van der Waals surface area (Å²) in [5.74, 6) is -0.0313. The van der Waals surface area contributed by atoms with Crippen molar-refractivity contribution in [3.63, 3.8) is 0 Å². The number of imide groups is 1. The van der Waals surface area contributed by atoms with Gasteiger partial charge in [0, 0.05) is 32.1 Å². The minimum absolute atomic E-state index is 0.116. The van der Waals surface area contributed by atoms with Crippen molar-refractivity contribution < 1.29 is 19.1 Å². The Bertz CT molecular complexity index is 698. The highest BCUT2D eigenvalue weighted by atomic mass is 32.1. The predicted molar refractivity (Wildman–Crippen MR) is 101 cm³/mol. The molecule has 1 aromatic heterocycles. The van der Waals surface area contributed by atoms with Gasteiger partial charge in [-0.1, -0.05) is 13.8 Å². The molecular formula is C18H26N4O4S. The fourth-order valence-corrected chi connectivity index (χ4v) is 4.35. The van der Waals surface area contributed by atoms with Crippen molar-refractivity contribution in [2.45, 2.75) is 32.2 Å². The number of piperidine rings is 1. The molecular weight excluding hydrogens is 368 g/mol. The Balaban J connectivity index is 1.78. The maximum atomic E-state index is 13.2. The summed E-state index contributed by atoms with van der Waals surface area (Å²) in [7, 11) is 1.55. The predicted octanol–water partition coefficient (Wildman–Crippen LogP) is 1.68. The Morgan fingerprint density at radius 1 is 1.33 bits per heavy atom. The molecule has 1 spiro atoms. The van der Waals surface area contributed by atoms with Crippen LogP contribution in [0.4, 0.5) is 4.79 Å². The average molecular weight is 394 g/mol. The van der Waals surface area contributed by atoms with Crippen molar-refractivity contribution in [3.8, 4) is 0 Å². The summed E-state index contributed by atoms with van der Waals surface area (Å²) >= 11 is 1.38. The van der Waals surface area contributed by atoms with E-state index in [9.17, 15) is 14.4 Å². The van der Waals surface area contributed by atoms with Gasteiger partial charge < -0.3 is 14.5 Å². The number of methoxy groups -OCH3 is 1. The van der Waals surface area contributed by atoms with E-state index in [1.54, 1.807) is 27.8 Å². The molecule has 2 aliphatic rings. The number of rotatable bonds is 6. The van der Waals surface area contributed by atoms with Crippen LogP contribution in [0.3, 0.4) is 0 Å². The van der Waals surface area contributed by atoms with Gasteiger partial charge in [0.2, 0.25) is 0 Å². The lowest BCUT2D eigenvalue weighted by molar-refractivity contribution is -0.135. The van der Waals surface area contributed by atoms with Crippen LogP contribution in [0, 0.1) is 5.92 Å². The maximum Gasteiger partial charge on any atom is 0.327 e. The molecule has 3 heterocycles. The second kappa shape index (κ2) is 7.93. The number of aromatic nitrogens is 1. The summed E-state index contributed by atoms with van der Waals surface area (Å²) in [5.41, 5.74) is 1.22. The third-order valence-corrected chi connectivity index (χ3v) is 5.80. The molecule has 0 bridgehead atoms. The van der Waals surface area contributed by atoms with Gasteiger partial charge in [-0.15, -0.1) is 11.3 Å². The third-order valence-electron chi connectivity index (χ3n) is 5.22. The lowest BCUT2D eigenvalue weighted by atomic mass is 9.85. The fourth-order valence-electron chi connectivity index (χ4n) is 3.82. The number of thiazole rings is 1. The minimum atomic E-state index is -0.853. The largest absolute Gasteiger partial charge is 0.383 e. The van der Waals surface area contributed by atoms with Crippen LogP contribution in [0.25, 0.3) is 0 Å². The van der Waals surface area contributed by atoms with Crippen molar-refractivity contribution >= 4 is 29.2 Å². The van der Waals surface area contributed by atoms with Gasteiger partial charge >= 0.3 is 6.03 Å². The van der Waals surface area contributed by atoms with Gasteiger partial charge in [-0.25, -0.2) is 9.78 Å². The van der Waals surface area contributed by atoms with Crippen molar-refractivity contribution in [2.24, 2.45) is 5.92 Å². The summed E-state index contributed by atoms with van der Waals surface area (Å²) < 4.78 is 5.06. The van der Waals surface area contributed by atoms with E-state index in [0.717, 1.165) is 0 Å². The second-order valence-corrected chi connectivity index (χ2v) is 8.15. The number of amides is 4. The molecule has 0 N–H and O–H groups in total. The zero-order valence-electron chi connectivity index (χ0n) is 16.0. The van der Waals surface area contributed by atoms with Crippen LogP contribution in [-0.2, 0) is 9.53 Å². The van der Waals surface area contributed by atoms with Crippen molar-refractivity contribution in [1.82, 2.24) is 19.7 Å². The molecule has 2 aliphatic heterocycles. The van der Waals surface area contributed by atoms with Gasteiger partial charge in [0.1, 0.15) is 11.2 Å². The van der Waals surface area contributed by atoms with Crippen molar-refractivity contribution in [2.75, 3.05) is 39.9 Å². The van der Waals surface area contributed by atoms with Crippen molar-refractivity contribution in [1.29, 1.82) is 0 Å². The highest BCUT2D eigenvalue weighted by Gasteiger charge is 2.58. The van der Waals surface area contributed by atoms with E-state index in [1.165, 1.54) is 16.2 Å². The Labute approximate surface area is 163 Å². The first-order valence-electron chi connectivity index (χ1n) is 9.20. The monoisotopic (exact) mass is 394 g/mol. The smallest absolute Gasteiger partial charge is 0.327 e. The molecule has 148 valence electrons. The average Bonchev–Trinajstić information content (AvgIpc) is 3.25. The van der Waals surface area contributed by atoms with Crippen LogP contribution < -0.4 is 0 Å². The van der Waals surface area contributed by atoms with Crippen molar-refractivity contribution in [3.05, 3.63) is 16.6 Å². The van der Waals surface area contributed by atoms with E-state index in [-0.39, 0.29) is 30.3 Å². The third kappa shape index (κ3) is 3.58. The second-order valence-electron chi connectivity index (χ2n) is 7.43. The molecule has 0 aromatic carbocycles. The van der Waals surface area contributed by atoms with Crippen LogP contribution in [0.15, 0.2) is 10.9 Å². The fraction of sp³-hybridized carbons (Fsp3) is 0.667. The summed E-state index contributed by atoms with van der Waals surface area (Å²) in [4.78, 5) is 47.5.